The number of unbranched alkanes of at least 4 members (excludes halogenated alkanes) is 1. The molecule has 18 heteroatoms. The summed E-state index contributed by atoms with van der Waals surface area (Å²) >= 11 is 0. The molecule has 0 aromatic carbocycles. The number of aliphatic imine (C=N–C) groups is 2. The predicted molar refractivity (Wildman–Crippen MR) is 156 cm³/mol. The van der Waals surface area contributed by atoms with Crippen molar-refractivity contribution in [3.63, 3.8) is 0 Å². The molecule has 0 unspecified atom stereocenters. The smallest absolute Gasteiger partial charge is 0.326 e. The van der Waals surface area contributed by atoms with Crippen LogP contribution in [0.1, 0.15) is 50.6 Å². The van der Waals surface area contributed by atoms with Crippen molar-refractivity contribution in [2.75, 3.05) is 19.6 Å². The topological polar surface area (TPSA) is 334 Å². The number of carbonyl (C=O) groups is 4. The highest BCUT2D eigenvalue weighted by Crippen LogP contribution is 2.07. The molecule has 1 rings (SSSR count). The molecule has 0 aliphatic rings. The van der Waals surface area contributed by atoms with Crippen molar-refractivity contribution in [3.05, 3.63) is 18.2 Å². The summed E-state index contributed by atoms with van der Waals surface area (Å²) in [4.78, 5) is 65.6. The van der Waals surface area contributed by atoms with Crippen molar-refractivity contribution < 1.29 is 24.3 Å². The molecular weight excluding hydrogens is 550 g/mol. The lowest BCUT2D eigenvalue weighted by molar-refractivity contribution is -0.142. The van der Waals surface area contributed by atoms with Crippen LogP contribution in [0.2, 0.25) is 0 Å². The normalized spacial score (nSPS) is 13.6. The van der Waals surface area contributed by atoms with E-state index in [0.29, 0.717) is 25.1 Å². The van der Waals surface area contributed by atoms with Crippen molar-refractivity contribution in [2.45, 2.75) is 75.5 Å². The molecule has 0 bridgehead atoms. The first-order valence-electron chi connectivity index (χ1n) is 13.6. The number of guanidine groups is 2. The number of aromatic nitrogens is 2. The Bertz CT molecular complexity index is 1040. The Morgan fingerprint density at radius 3 is 1.79 bits per heavy atom. The second-order valence-corrected chi connectivity index (χ2v) is 9.59. The standard InChI is InChI=1S/C24H45N13O5/c25-8-2-1-5-16(35-19(38)15(26)11-14-12-31-13-34-14)20(39)36-17(6-3-9-32-23(27)28)21(40)37-18(22(41)42)7-4-10-33-24(29)30/h12-13,15-18H,1-11,25-26H2,(H,31,34)(H,35,38)(H,36,39)(H,37,40)(H,41,42)(H4,27,28,32)(H4,29,30,33)/t15-,16-,17-,18-/m0/s1. The highest BCUT2D eigenvalue weighted by molar-refractivity contribution is 5.94. The minimum absolute atomic E-state index is 0.0402. The number of imidazole rings is 1. The molecule has 0 radical (unpaired) electrons. The number of carboxylic acids is 1. The molecule has 42 heavy (non-hydrogen) atoms. The molecule has 18 nitrogen and oxygen atoms in total. The number of nitrogens with one attached hydrogen (secondary N) is 4. The van der Waals surface area contributed by atoms with E-state index in [2.05, 4.69) is 35.9 Å². The van der Waals surface area contributed by atoms with Crippen LogP contribution >= 0.6 is 0 Å². The molecule has 0 spiro atoms. The second-order valence-electron chi connectivity index (χ2n) is 9.59. The molecule has 4 atom stereocenters. The zero-order valence-corrected chi connectivity index (χ0v) is 23.6. The van der Waals surface area contributed by atoms with Gasteiger partial charge in [-0.2, -0.15) is 0 Å². The van der Waals surface area contributed by atoms with E-state index in [4.69, 9.17) is 34.4 Å². The van der Waals surface area contributed by atoms with Crippen LogP contribution in [0.3, 0.4) is 0 Å². The lowest BCUT2D eigenvalue weighted by Gasteiger charge is -2.25. The predicted octanol–water partition coefficient (Wildman–Crippen LogP) is -3.95. The van der Waals surface area contributed by atoms with Crippen LogP contribution in [-0.2, 0) is 25.6 Å². The molecule has 1 aromatic rings. The summed E-state index contributed by atoms with van der Waals surface area (Å²) in [6.45, 7) is 0.729. The highest BCUT2D eigenvalue weighted by Gasteiger charge is 2.30. The molecule has 1 heterocycles. The fourth-order valence-electron chi connectivity index (χ4n) is 3.84. The number of nitrogens with two attached hydrogens (primary N) is 6. The number of rotatable bonds is 21. The first kappa shape index (κ1) is 35.6. The Kier molecular flexibility index (Phi) is 16.6. The average molecular weight is 596 g/mol. The van der Waals surface area contributed by atoms with Gasteiger partial charge in [-0.25, -0.2) is 9.78 Å². The lowest BCUT2D eigenvalue weighted by Crippen LogP contribution is -2.57. The van der Waals surface area contributed by atoms with Crippen LogP contribution < -0.4 is 50.4 Å². The van der Waals surface area contributed by atoms with E-state index in [1.54, 1.807) is 0 Å². The van der Waals surface area contributed by atoms with Gasteiger partial charge in [-0.1, -0.05) is 0 Å². The van der Waals surface area contributed by atoms with Crippen molar-refractivity contribution in [3.8, 4) is 0 Å². The summed E-state index contributed by atoms with van der Waals surface area (Å²) in [6, 6.07) is -4.41. The maximum absolute atomic E-state index is 13.3. The maximum atomic E-state index is 13.3. The second kappa shape index (κ2) is 19.6. The molecule has 0 fully saturated rings. The van der Waals surface area contributed by atoms with E-state index in [-0.39, 0.29) is 63.5 Å². The van der Waals surface area contributed by atoms with Gasteiger partial charge >= 0.3 is 5.97 Å². The zero-order chi connectivity index (χ0) is 31.5. The number of carbonyl (C=O) groups excluding carboxylic acids is 3. The van der Waals surface area contributed by atoms with Gasteiger partial charge in [0.1, 0.15) is 18.1 Å². The van der Waals surface area contributed by atoms with Crippen molar-refractivity contribution >= 4 is 35.6 Å². The molecule has 0 aliphatic carbocycles. The first-order chi connectivity index (χ1) is 19.9. The van der Waals surface area contributed by atoms with Gasteiger partial charge in [0.2, 0.25) is 17.7 Å². The van der Waals surface area contributed by atoms with E-state index < -0.39 is 47.9 Å². The van der Waals surface area contributed by atoms with Gasteiger partial charge in [0.15, 0.2) is 11.9 Å². The molecule has 0 aliphatic heterocycles. The molecule has 0 saturated carbocycles. The molecule has 17 N–H and O–H groups in total. The number of H-pyrrole nitrogens is 1. The quantitative estimate of drug-likeness (QED) is 0.0368. The number of aliphatic carboxylic acids is 1. The summed E-state index contributed by atoms with van der Waals surface area (Å²) in [5.41, 5.74) is 33.6. The SMILES string of the molecule is NCCCC[C@H](NC(=O)[C@@H](N)Cc1cnc[nH]1)C(=O)N[C@@H](CCCN=C(N)N)C(=O)N[C@@H](CCCN=C(N)N)C(=O)O. The molecule has 236 valence electrons. The van der Waals surface area contributed by atoms with Gasteiger partial charge in [-0.3, -0.25) is 24.4 Å². The molecule has 3 amide bonds. The van der Waals surface area contributed by atoms with Crippen LogP contribution in [0, 0.1) is 0 Å². The Balaban J connectivity index is 3.01. The summed E-state index contributed by atoms with van der Waals surface area (Å²) in [5.74, 6) is -3.48. The Morgan fingerprint density at radius 2 is 1.31 bits per heavy atom. The van der Waals surface area contributed by atoms with Crippen LogP contribution in [-0.4, -0.2) is 94.5 Å². The summed E-state index contributed by atoms with van der Waals surface area (Å²) in [6.07, 6.45) is 5.20. The number of nitrogens with zero attached hydrogens (tertiary/aromatic N) is 3. The third kappa shape index (κ3) is 14.8. The average Bonchev–Trinajstić information content (AvgIpc) is 3.43. The van der Waals surface area contributed by atoms with Gasteiger partial charge < -0.3 is 60.4 Å². The molecule has 0 saturated heterocycles. The number of hydrogen-bond donors (Lipinski definition) is 11. The highest BCUT2D eigenvalue weighted by atomic mass is 16.4. The Hall–Kier alpha value is -4.45. The van der Waals surface area contributed by atoms with E-state index in [9.17, 15) is 24.3 Å². The number of carboxylic acid groups (broad SMARTS) is 1. The maximum Gasteiger partial charge on any atom is 0.326 e. The van der Waals surface area contributed by atoms with E-state index >= 15 is 0 Å². The lowest BCUT2D eigenvalue weighted by atomic mass is 10.0. The minimum atomic E-state index is -1.27. The number of hydrogen-bond acceptors (Lipinski definition) is 9. The first-order valence-corrected chi connectivity index (χ1v) is 13.6. The Morgan fingerprint density at radius 1 is 0.810 bits per heavy atom. The van der Waals surface area contributed by atoms with Crippen LogP contribution in [0.5, 0.6) is 0 Å². The van der Waals surface area contributed by atoms with Crippen LogP contribution in [0.25, 0.3) is 0 Å². The van der Waals surface area contributed by atoms with E-state index in [1.165, 1.54) is 12.5 Å². The van der Waals surface area contributed by atoms with Gasteiger partial charge in [0.25, 0.3) is 0 Å². The zero-order valence-electron chi connectivity index (χ0n) is 23.6. The van der Waals surface area contributed by atoms with E-state index in [0.717, 1.165) is 0 Å². The van der Waals surface area contributed by atoms with E-state index in [1.807, 2.05) is 0 Å². The number of aromatic amines is 1. The number of amides is 3. The third-order valence-electron chi connectivity index (χ3n) is 6.05. The third-order valence-corrected chi connectivity index (χ3v) is 6.05. The summed E-state index contributed by atoms with van der Waals surface area (Å²) < 4.78 is 0. The largest absolute Gasteiger partial charge is 0.480 e. The molecule has 1 aromatic heterocycles. The summed E-state index contributed by atoms with van der Waals surface area (Å²) in [7, 11) is 0. The molecular formula is C24H45N13O5. The van der Waals surface area contributed by atoms with Gasteiger partial charge in [0.05, 0.1) is 12.4 Å². The fourth-order valence-corrected chi connectivity index (χ4v) is 3.84. The van der Waals surface area contributed by atoms with Gasteiger partial charge in [-0.15, -0.1) is 0 Å². The minimum Gasteiger partial charge on any atom is -0.480 e. The van der Waals surface area contributed by atoms with Crippen molar-refractivity contribution in [1.29, 1.82) is 0 Å². The summed E-state index contributed by atoms with van der Waals surface area (Å²) in [5, 5.41) is 17.4. The monoisotopic (exact) mass is 595 g/mol. The van der Waals surface area contributed by atoms with Crippen LogP contribution in [0.4, 0.5) is 0 Å². The fraction of sp³-hybridized carbons (Fsp3) is 0.625. The van der Waals surface area contributed by atoms with Gasteiger partial charge in [0, 0.05) is 31.4 Å². The van der Waals surface area contributed by atoms with Crippen molar-refractivity contribution in [1.82, 2.24) is 25.9 Å². The Labute approximate surface area is 243 Å². The van der Waals surface area contributed by atoms with Crippen LogP contribution in [0.15, 0.2) is 22.5 Å². The van der Waals surface area contributed by atoms with Gasteiger partial charge in [-0.05, 0) is 51.5 Å². The van der Waals surface area contributed by atoms with Crippen molar-refractivity contribution in [2.24, 2.45) is 44.4 Å².